The minimum Gasteiger partial charge on any atom is -0.487 e. The van der Waals surface area contributed by atoms with E-state index in [4.69, 9.17) is 20.8 Å². The standard InChI is InChI=1S/C14H15BrClNO2/c1-2-17-8-14-10(5-6-18-14)9-19-13-7-11(15)3-4-12(13)16/h3-7,17H,2,8-9H2,1H3. The maximum atomic E-state index is 6.08. The highest BCUT2D eigenvalue weighted by atomic mass is 79.9. The highest BCUT2D eigenvalue weighted by Gasteiger charge is 2.08. The highest BCUT2D eigenvalue weighted by molar-refractivity contribution is 9.10. The Labute approximate surface area is 126 Å². The lowest BCUT2D eigenvalue weighted by atomic mass is 10.2. The monoisotopic (exact) mass is 343 g/mol. The number of hydrogen-bond donors (Lipinski definition) is 1. The number of hydrogen-bond acceptors (Lipinski definition) is 3. The van der Waals surface area contributed by atoms with E-state index in [0.717, 1.165) is 22.3 Å². The van der Waals surface area contributed by atoms with E-state index < -0.39 is 0 Å². The predicted molar refractivity (Wildman–Crippen MR) is 79.6 cm³/mol. The van der Waals surface area contributed by atoms with Crippen molar-refractivity contribution in [1.29, 1.82) is 0 Å². The average Bonchev–Trinajstić information content (AvgIpc) is 2.85. The molecule has 0 aliphatic rings. The fourth-order valence-electron chi connectivity index (χ4n) is 1.63. The Bertz CT molecular complexity index is 542. The molecule has 0 aliphatic carbocycles. The first-order chi connectivity index (χ1) is 9.20. The van der Waals surface area contributed by atoms with E-state index in [9.17, 15) is 0 Å². The number of benzene rings is 1. The van der Waals surface area contributed by atoms with E-state index >= 15 is 0 Å². The molecule has 0 radical (unpaired) electrons. The van der Waals surface area contributed by atoms with Crippen molar-refractivity contribution in [2.45, 2.75) is 20.1 Å². The van der Waals surface area contributed by atoms with Crippen molar-refractivity contribution in [1.82, 2.24) is 5.32 Å². The molecule has 0 unspecified atom stereocenters. The molecule has 0 aliphatic heterocycles. The molecule has 0 atom stereocenters. The van der Waals surface area contributed by atoms with Crippen LogP contribution in [0, 0.1) is 0 Å². The van der Waals surface area contributed by atoms with Crippen LogP contribution in [-0.4, -0.2) is 6.54 Å². The third-order valence-electron chi connectivity index (χ3n) is 2.65. The van der Waals surface area contributed by atoms with Crippen LogP contribution in [0.5, 0.6) is 5.75 Å². The lowest BCUT2D eigenvalue weighted by molar-refractivity contribution is 0.301. The van der Waals surface area contributed by atoms with Gasteiger partial charge in [0.1, 0.15) is 18.1 Å². The number of rotatable bonds is 6. The molecular formula is C14H15BrClNO2. The van der Waals surface area contributed by atoms with E-state index in [1.807, 2.05) is 18.2 Å². The zero-order valence-electron chi connectivity index (χ0n) is 10.6. The average molecular weight is 345 g/mol. The molecule has 0 bridgehead atoms. The quantitative estimate of drug-likeness (QED) is 0.844. The lowest BCUT2D eigenvalue weighted by Crippen LogP contribution is -2.12. The zero-order chi connectivity index (χ0) is 13.7. The summed E-state index contributed by atoms with van der Waals surface area (Å²) in [6.07, 6.45) is 1.67. The van der Waals surface area contributed by atoms with Crippen LogP contribution < -0.4 is 10.1 Å². The van der Waals surface area contributed by atoms with Gasteiger partial charge < -0.3 is 14.5 Å². The van der Waals surface area contributed by atoms with Gasteiger partial charge in [0.15, 0.2) is 0 Å². The molecule has 0 amide bonds. The van der Waals surface area contributed by atoms with Gasteiger partial charge in [0.05, 0.1) is 17.8 Å². The van der Waals surface area contributed by atoms with Crippen LogP contribution in [0.4, 0.5) is 0 Å². The molecule has 0 saturated carbocycles. The second kappa shape index (κ2) is 6.98. The number of nitrogens with one attached hydrogen (secondary N) is 1. The fourth-order valence-corrected chi connectivity index (χ4v) is 2.14. The summed E-state index contributed by atoms with van der Waals surface area (Å²) in [6.45, 7) is 4.10. The second-order valence-electron chi connectivity index (χ2n) is 4.01. The molecule has 2 rings (SSSR count). The third kappa shape index (κ3) is 4.00. The molecule has 19 heavy (non-hydrogen) atoms. The smallest absolute Gasteiger partial charge is 0.139 e. The molecule has 5 heteroatoms. The van der Waals surface area contributed by atoms with Crippen molar-refractivity contribution >= 4 is 27.5 Å². The van der Waals surface area contributed by atoms with E-state index in [-0.39, 0.29) is 0 Å². The summed E-state index contributed by atoms with van der Waals surface area (Å²) in [6, 6.07) is 7.45. The van der Waals surface area contributed by atoms with Crippen molar-refractivity contribution < 1.29 is 9.15 Å². The van der Waals surface area contributed by atoms with Gasteiger partial charge >= 0.3 is 0 Å². The maximum absolute atomic E-state index is 6.08. The molecule has 0 fully saturated rings. The number of ether oxygens (including phenoxy) is 1. The summed E-state index contributed by atoms with van der Waals surface area (Å²) in [4.78, 5) is 0. The summed E-state index contributed by atoms with van der Waals surface area (Å²) in [5.74, 6) is 1.56. The van der Waals surface area contributed by atoms with Crippen LogP contribution in [0.3, 0.4) is 0 Å². The Morgan fingerprint density at radius 3 is 3.00 bits per heavy atom. The van der Waals surface area contributed by atoms with Crippen LogP contribution in [-0.2, 0) is 13.2 Å². The van der Waals surface area contributed by atoms with Gasteiger partial charge in [0.2, 0.25) is 0 Å². The Morgan fingerprint density at radius 2 is 2.21 bits per heavy atom. The van der Waals surface area contributed by atoms with Gasteiger partial charge in [-0.05, 0) is 30.8 Å². The van der Waals surface area contributed by atoms with E-state index in [1.165, 1.54) is 0 Å². The van der Waals surface area contributed by atoms with E-state index in [0.29, 0.717) is 23.9 Å². The van der Waals surface area contributed by atoms with Crippen molar-refractivity contribution in [3.63, 3.8) is 0 Å². The highest BCUT2D eigenvalue weighted by Crippen LogP contribution is 2.29. The van der Waals surface area contributed by atoms with Gasteiger partial charge in [0, 0.05) is 10.0 Å². The fraction of sp³-hybridized carbons (Fsp3) is 0.286. The van der Waals surface area contributed by atoms with Crippen LogP contribution >= 0.6 is 27.5 Å². The lowest BCUT2D eigenvalue weighted by Gasteiger charge is -2.08. The Balaban J connectivity index is 2.02. The van der Waals surface area contributed by atoms with Gasteiger partial charge in [-0.25, -0.2) is 0 Å². The Morgan fingerprint density at radius 1 is 1.37 bits per heavy atom. The van der Waals surface area contributed by atoms with Crippen molar-refractivity contribution in [3.8, 4) is 5.75 Å². The molecule has 0 saturated heterocycles. The topological polar surface area (TPSA) is 34.4 Å². The van der Waals surface area contributed by atoms with Crippen molar-refractivity contribution in [2.75, 3.05) is 6.54 Å². The van der Waals surface area contributed by atoms with Crippen LogP contribution in [0.2, 0.25) is 5.02 Å². The van der Waals surface area contributed by atoms with Crippen LogP contribution in [0.15, 0.2) is 39.4 Å². The van der Waals surface area contributed by atoms with Gasteiger partial charge in [-0.1, -0.05) is 34.5 Å². The Kier molecular flexibility index (Phi) is 5.31. The normalized spacial score (nSPS) is 10.7. The minimum absolute atomic E-state index is 0.438. The summed E-state index contributed by atoms with van der Waals surface area (Å²) in [5, 5.41) is 3.82. The van der Waals surface area contributed by atoms with Gasteiger partial charge in [0.25, 0.3) is 0 Å². The predicted octanol–water partition coefficient (Wildman–Crippen LogP) is 4.38. The summed E-state index contributed by atoms with van der Waals surface area (Å²) in [7, 11) is 0. The van der Waals surface area contributed by atoms with Crippen LogP contribution in [0.25, 0.3) is 0 Å². The third-order valence-corrected chi connectivity index (χ3v) is 3.46. The molecule has 1 aromatic carbocycles. The first-order valence-electron chi connectivity index (χ1n) is 6.04. The first kappa shape index (κ1) is 14.4. The zero-order valence-corrected chi connectivity index (χ0v) is 12.9. The summed E-state index contributed by atoms with van der Waals surface area (Å²) in [5.41, 5.74) is 1.02. The second-order valence-corrected chi connectivity index (χ2v) is 5.34. The summed E-state index contributed by atoms with van der Waals surface area (Å²) < 4.78 is 12.1. The number of furan rings is 1. The Hall–Kier alpha value is -0.970. The molecule has 2 aromatic rings. The largest absolute Gasteiger partial charge is 0.487 e. The van der Waals surface area contributed by atoms with Crippen LogP contribution in [0.1, 0.15) is 18.2 Å². The van der Waals surface area contributed by atoms with Crippen molar-refractivity contribution in [2.24, 2.45) is 0 Å². The van der Waals surface area contributed by atoms with Gasteiger partial charge in [-0.15, -0.1) is 0 Å². The molecule has 1 N–H and O–H groups in total. The van der Waals surface area contributed by atoms with Gasteiger partial charge in [-0.2, -0.15) is 0 Å². The maximum Gasteiger partial charge on any atom is 0.139 e. The molecule has 102 valence electrons. The first-order valence-corrected chi connectivity index (χ1v) is 7.21. The van der Waals surface area contributed by atoms with Crippen molar-refractivity contribution in [3.05, 3.63) is 51.3 Å². The van der Waals surface area contributed by atoms with Gasteiger partial charge in [-0.3, -0.25) is 0 Å². The molecule has 1 aromatic heterocycles. The summed E-state index contributed by atoms with van der Waals surface area (Å²) >= 11 is 9.47. The SMILES string of the molecule is CCNCc1occc1COc1cc(Br)ccc1Cl. The van der Waals surface area contributed by atoms with E-state index in [1.54, 1.807) is 12.3 Å². The molecule has 1 heterocycles. The molecular weight excluding hydrogens is 330 g/mol. The number of halogens is 2. The molecule has 3 nitrogen and oxygen atoms in total. The van der Waals surface area contributed by atoms with E-state index in [2.05, 4.69) is 28.2 Å². The minimum atomic E-state index is 0.438. The molecule has 0 spiro atoms.